The molecule has 42 heavy (non-hydrogen) atoms. The quantitative estimate of drug-likeness (QED) is 0.0901. The number of hydrogen-bond acceptors (Lipinski definition) is 10. The fourth-order valence-electron chi connectivity index (χ4n) is 3.89. The van der Waals surface area contributed by atoms with Crippen LogP contribution in [0.1, 0.15) is 112 Å². The lowest BCUT2D eigenvalue weighted by Crippen LogP contribution is -2.42. The van der Waals surface area contributed by atoms with Gasteiger partial charge in [-0.05, 0) is 71.6 Å². The summed E-state index contributed by atoms with van der Waals surface area (Å²) in [7, 11) is 0. The van der Waals surface area contributed by atoms with E-state index in [9.17, 15) is 24.3 Å². The minimum Gasteiger partial charge on any atom is -0.480 e. The Bertz CT molecular complexity index is 1070. The van der Waals surface area contributed by atoms with Crippen LogP contribution >= 0.6 is 0 Å². The number of carbonyl (C=O) groups excluding carboxylic acids is 3. The van der Waals surface area contributed by atoms with Crippen molar-refractivity contribution in [2.45, 2.75) is 130 Å². The lowest BCUT2D eigenvalue weighted by atomic mass is 9.79. The molecule has 1 aromatic carbocycles. The summed E-state index contributed by atoms with van der Waals surface area (Å²) < 4.78 is 27.2. The van der Waals surface area contributed by atoms with Gasteiger partial charge < -0.3 is 34.5 Å². The summed E-state index contributed by atoms with van der Waals surface area (Å²) in [6, 6.07) is 2.84. The average molecular weight is 596 g/mol. The Kier molecular flexibility index (Phi) is 14.3. The Labute approximate surface area is 249 Å². The summed E-state index contributed by atoms with van der Waals surface area (Å²) in [4.78, 5) is 49.7. The average Bonchev–Trinajstić information content (AvgIpc) is 2.89. The van der Waals surface area contributed by atoms with Gasteiger partial charge in [0.15, 0.2) is 11.5 Å². The lowest BCUT2D eigenvalue weighted by molar-refractivity contribution is -0.151. The van der Waals surface area contributed by atoms with Crippen LogP contribution in [0, 0.1) is 5.92 Å². The molecule has 0 amide bonds. The van der Waals surface area contributed by atoms with Crippen LogP contribution in [-0.2, 0) is 23.8 Å². The zero-order valence-corrected chi connectivity index (χ0v) is 26.5. The molecule has 0 aliphatic carbocycles. The van der Waals surface area contributed by atoms with Gasteiger partial charge in [-0.3, -0.25) is 9.59 Å². The maximum atomic E-state index is 12.7. The van der Waals surface area contributed by atoms with Gasteiger partial charge in [-0.15, -0.1) is 0 Å². The molecule has 0 fully saturated rings. The van der Waals surface area contributed by atoms with E-state index in [1.165, 1.54) is 18.2 Å². The lowest BCUT2D eigenvalue weighted by Gasteiger charge is -2.32. The van der Waals surface area contributed by atoms with Crippen molar-refractivity contribution in [3.05, 3.63) is 23.8 Å². The molecule has 3 N–H and O–H groups in total. The van der Waals surface area contributed by atoms with Gasteiger partial charge >= 0.3 is 24.2 Å². The normalized spacial score (nSPS) is 14.6. The number of carbonyl (C=O) groups is 4. The van der Waals surface area contributed by atoms with Crippen molar-refractivity contribution < 1.29 is 48.0 Å². The van der Waals surface area contributed by atoms with Crippen LogP contribution in [0.3, 0.4) is 0 Å². The van der Waals surface area contributed by atoms with Gasteiger partial charge in [0.2, 0.25) is 0 Å². The van der Waals surface area contributed by atoms with Crippen molar-refractivity contribution in [1.82, 2.24) is 0 Å². The molecule has 1 rings (SSSR count). The molecular weight excluding hydrogens is 546 g/mol. The molecule has 0 saturated heterocycles. The molecule has 11 heteroatoms. The van der Waals surface area contributed by atoms with Gasteiger partial charge in [-0.25, -0.2) is 9.59 Å². The summed E-state index contributed by atoms with van der Waals surface area (Å²) in [5, 5.41) is 9.82. The highest BCUT2D eigenvalue weighted by Crippen LogP contribution is 2.38. The van der Waals surface area contributed by atoms with Crippen molar-refractivity contribution >= 4 is 24.2 Å². The molecule has 0 heterocycles. The van der Waals surface area contributed by atoms with Gasteiger partial charge in [0.25, 0.3) is 0 Å². The minimum absolute atomic E-state index is 0.146. The van der Waals surface area contributed by atoms with Crippen molar-refractivity contribution in [3.8, 4) is 11.5 Å². The van der Waals surface area contributed by atoms with E-state index >= 15 is 0 Å². The molecule has 3 unspecified atom stereocenters. The molecule has 0 radical (unpaired) electrons. The maximum absolute atomic E-state index is 12.7. The molecule has 238 valence electrons. The third-order valence-electron chi connectivity index (χ3n) is 7.44. The predicted molar refractivity (Wildman–Crippen MR) is 157 cm³/mol. The number of ether oxygens (including phenoxy) is 5. The Balaban J connectivity index is 3.47. The first-order valence-electron chi connectivity index (χ1n) is 14.6. The Morgan fingerprint density at radius 3 is 1.86 bits per heavy atom. The highest BCUT2D eigenvalue weighted by atomic mass is 16.8. The van der Waals surface area contributed by atoms with Gasteiger partial charge in [0.1, 0.15) is 23.3 Å². The van der Waals surface area contributed by atoms with Crippen molar-refractivity contribution in [2.75, 3.05) is 0 Å². The highest BCUT2D eigenvalue weighted by Gasteiger charge is 2.36. The van der Waals surface area contributed by atoms with Crippen LogP contribution in [0.5, 0.6) is 11.5 Å². The standard InChI is InChI=1S/C31H49NO10/c1-10-13-14-15-24(33)38-20(5)19(4)25(26(32)27(34)35)21-16-17-22(39-28(36)41-30(6,7)11-2)23(18-21)40-29(37)42-31(8,9)12-3/h16-20,25-26H,10-15,32H2,1-9H3,(H,34,35)/t19?,20?,25?,26-/m0/s1. The molecule has 1 aromatic rings. The van der Waals surface area contributed by atoms with E-state index in [2.05, 4.69) is 0 Å². The first-order valence-corrected chi connectivity index (χ1v) is 14.6. The van der Waals surface area contributed by atoms with E-state index in [1.54, 1.807) is 41.5 Å². The molecule has 0 bridgehead atoms. The maximum Gasteiger partial charge on any atom is 0.514 e. The third-order valence-corrected chi connectivity index (χ3v) is 7.44. The summed E-state index contributed by atoms with van der Waals surface area (Å²) in [5.41, 5.74) is 4.86. The van der Waals surface area contributed by atoms with E-state index < -0.39 is 53.5 Å². The topological polar surface area (TPSA) is 161 Å². The second-order valence-corrected chi connectivity index (χ2v) is 11.7. The number of nitrogens with two attached hydrogens (primary N) is 1. The molecule has 0 aliphatic heterocycles. The van der Waals surface area contributed by atoms with Crippen LogP contribution in [0.25, 0.3) is 0 Å². The fourth-order valence-corrected chi connectivity index (χ4v) is 3.89. The number of aliphatic carboxylic acids is 1. The van der Waals surface area contributed by atoms with Crippen LogP contribution in [-0.4, -0.2) is 52.7 Å². The first kappa shape index (κ1) is 36.7. The van der Waals surface area contributed by atoms with E-state index in [1.807, 2.05) is 20.8 Å². The number of carboxylic acid groups (broad SMARTS) is 1. The minimum atomic E-state index is -1.40. The number of rotatable bonds is 16. The van der Waals surface area contributed by atoms with Gasteiger partial charge in [-0.2, -0.15) is 0 Å². The van der Waals surface area contributed by atoms with Crippen LogP contribution < -0.4 is 15.2 Å². The summed E-state index contributed by atoms with van der Waals surface area (Å²) in [5.74, 6) is -3.44. The molecule has 4 atom stereocenters. The van der Waals surface area contributed by atoms with Crippen LogP contribution in [0.2, 0.25) is 0 Å². The zero-order chi connectivity index (χ0) is 32.3. The highest BCUT2D eigenvalue weighted by molar-refractivity contribution is 5.75. The summed E-state index contributed by atoms with van der Waals surface area (Å²) >= 11 is 0. The van der Waals surface area contributed by atoms with E-state index in [-0.39, 0.29) is 23.9 Å². The monoisotopic (exact) mass is 595 g/mol. The number of unbranched alkanes of at least 4 members (excludes halogenated alkanes) is 2. The molecule has 0 aliphatic rings. The zero-order valence-electron chi connectivity index (χ0n) is 26.5. The molecule has 0 saturated carbocycles. The van der Waals surface area contributed by atoms with Crippen molar-refractivity contribution in [3.63, 3.8) is 0 Å². The SMILES string of the molecule is CCCCCC(=O)OC(C)C(C)C(c1ccc(OC(=O)OC(C)(C)CC)c(OC(=O)OC(C)(C)CC)c1)[C@H](N)C(=O)O. The van der Waals surface area contributed by atoms with Crippen LogP contribution in [0.4, 0.5) is 9.59 Å². The van der Waals surface area contributed by atoms with Crippen molar-refractivity contribution in [2.24, 2.45) is 11.7 Å². The second kappa shape index (κ2) is 16.3. The predicted octanol–water partition coefficient (Wildman–Crippen LogP) is 6.74. The summed E-state index contributed by atoms with van der Waals surface area (Å²) in [6.45, 7) is 16.0. The number of benzene rings is 1. The van der Waals surface area contributed by atoms with Gasteiger partial charge in [-0.1, -0.05) is 46.6 Å². The van der Waals surface area contributed by atoms with Gasteiger partial charge in [0, 0.05) is 18.3 Å². The third kappa shape index (κ3) is 11.9. The van der Waals surface area contributed by atoms with Crippen molar-refractivity contribution in [1.29, 1.82) is 0 Å². The number of esters is 1. The Hall–Kier alpha value is -3.34. The molecule has 0 spiro atoms. The van der Waals surface area contributed by atoms with E-state index in [0.29, 0.717) is 24.8 Å². The number of hydrogen-bond donors (Lipinski definition) is 2. The molecule has 11 nitrogen and oxygen atoms in total. The Morgan fingerprint density at radius 2 is 1.38 bits per heavy atom. The van der Waals surface area contributed by atoms with E-state index in [0.717, 1.165) is 12.8 Å². The number of carboxylic acids is 1. The molecular formula is C31H49NO10. The first-order chi connectivity index (χ1) is 19.5. The van der Waals surface area contributed by atoms with E-state index in [4.69, 9.17) is 29.4 Å². The summed E-state index contributed by atoms with van der Waals surface area (Å²) in [6.07, 6.45) is 1.08. The van der Waals surface area contributed by atoms with Gasteiger partial charge in [0.05, 0.1) is 0 Å². The fraction of sp³-hybridized carbons (Fsp3) is 0.677. The Morgan fingerprint density at radius 1 is 0.857 bits per heavy atom. The smallest absolute Gasteiger partial charge is 0.480 e. The largest absolute Gasteiger partial charge is 0.514 e. The second-order valence-electron chi connectivity index (χ2n) is 11.7. The molecule has 0 aromatic heterocycles. The van der Waals surface area contributed by atoms with Crippen LogP contribution in [0.15, 0.2) is 18.2 Å².